The molecule has 0 aliphatic carbocycles. The first-order chi connectivity index (χ1) is 12.6. The van der Waals surface area contributed by atoms with Gasteiger partial charge in [-0.1, -0.05) is 0 Å². The maximum Gasteiger partial charge on any atom is 0.229 e. The number of aromatic nitrogens is 4. The minimum Gasteiger partial charge on any atom is -0.391 e. The van der Waals surface area contributed by atoms with Gasteiger partial charge in [0.25, 0.3) is 0 Å². The zero-order chi connectivity index (χ0) is 18.1. The topological polar surface area (TPSA) is 99.4 Å². The monoisotopic (exact) mass is 357 g/mol. The Hall–Kier alpha value is -2.68. The molecule has 9 nitrogen and oxygen atoms in total. The van der Waals surface area contributed by atoms with Gasteiger partial charge in [0.15, 0.2) is 0 Å². The highest BCUT2D eigenvalue weighted by atomic mass is 16.3. The molecule has 2 aromatic rings. The predicted molar refractivity (Wildman–Crippen MR) is 96.1 cm³/mol. The standard InChI is InChI=1S/C17H23N7O2/c1-12(26)7-23-8-13(6-19-23)20-17-18-5-4-16(21-17)22-9-14-2-3-15(10-22)24(14)11-25/h4-6,8,11-12,14-15,26H,2-3,7,9-10H2,1H3,(H,18,20,21)/t12-,14-,15+/m1/s1. The highest BCUT2D eigenvalue weighted by molar-refractivity contribution is 5.55. The van der Waals surface area contributed by atoms with Gasteiger partial charge in [0.05, 0.1) is 24.5 Å². The lowest BCUT2D eigenvalue weighted by atomic mass is 10.2. The van der Waals surface area contributed by atoms with Crippen LogP contribution in [-0.4, -0.2) is 67.4 Å². The molecule has 26 heavy (non-hydrogen) atoms. The lowest BCUT2D eigenvalue weighted by Gasteiger charge is -2.39. The number of fused-ring (bicyclic) bond motifs is 2. The number of aliphatic hydroxyl groups excluding tert-OH is 1. The molecule has 0 spiro atoms. The fraction of sp³-hybridized carbons (Fsp3) is 0.529. The molecule has 138 valence electrons. The molecule has 2 saturated heterocycles. The molecule has 0 aromatic carbocycles. The summed E-state index contributed by atoms with van der Waals surface area (Å²) in [7, 11) is 0. The van der Waals surface area contributed by atoms with Crippen LogP contribution < -0.4 is 10.2 Å². The largest absolute Gasteiger partial charge is 0.391 e. The van der Waals surface area contributed by atoms with Crippen LogP contribution in [0.2, 0.25) is 0 Å². The molecule has 2 aliphatic heterocycles. The van der Waals surface area contributed by atoms with Crippen LogP contribution in [0, 0.1) is 0 Å². The van der Waals surface area contributed by atoms with Crippen LogP contribution in [0.25, 0.3) is 0 Å². The molecule has 4 rings (SSSR count). The summed E-state index contributed by atoms with van der Waals surface area (Å²) in [6, 6.07) is 2.45. The third-order valence-corrected chi connectivity index (χ3v) is 4.97. The molecule has 3 atom stereocenters. The van der Waals surface area contributed by atoms with E-state index < -0.39 is 6.10 Å². The molecule has 1 amide bonds. The van der Waals surface area contributed by atoms with Gasteiger partial charge in [-0.15, -0.1) is 0 Å². The molecule has 2 fully saturated rings. The first-order valence-corrected chi connectivity index (χ1v) is 8.90. The van der Waals surface area contributed by atoms with E-state index in [-0.39, 0.29) is 12.1 Å². The highest BCUT2D eigenvalue weighted by Crippen LogP contribution is 2.31. The van der Waals surface area contributed by atoms with Crippen LogP contribution >= 0.6 is 0 Å². The van der Waals surface area contributed by atoms with Gasteiger partial charge in [0.1, 0.15) is 5.82 Å². The minimum atomic E-state index is -0.456. The molecule has 2 aromatic heterocycles. The average Bonchev–Trinajstić information content (AvgIpc) is 3.15. The van der Waals surface area contributed by atoms with Gasteiger partial charge < -0.3 is 20.2 Å². The Bertz CT molecular complexity index is 764. The Labute approximate surface area is 151 Å². The molecule has 2 aliphatic rings. The maximum absolute atomic E-state index is 11.2. The Morgan fingerprint density at radius 2 is 2.15 bits per heavy atom. The average molecular weight is 357 g/mol. The van der Waals surface area contributed by atoms with Crippen LogP contribution in [0.4, 0.5) is 17.5 Å². The van der Waals surface area contributed by atoms with E-state index in [1.807, 2.05) is 17.2 Å². The summed E-state index contributed by atoms with van der Waals surface area (Å²) < 4.78 is 1.67. The van der Waals surface area contributed by atoms with Crippen molar-refractivity contribution in [3.8, 4) is 0 Å². The number of rotatable bonds is 6. The molecular weight excluding hydrogens is 334 g/mol. The molecule has 4 heterocycles. The summed E-state index contributed by atoms with van der Waals surface area (Å²) in [4.78, 5) is 24.3. The van der Waals surface area contributed by atoms with Crippen molar-refractivity contribution < 1.29 is 9.90 Å². The Morgan fingerprint density at radius 1 is 1.38 bits per heavy atom. The Kier molecular flexibility index (Phi) is 4.46. The SMILES string of the molecule is C[C@@H](O)Cn1cc(Nc2nccc(N3C[C@H]4CC[C@@H](C3)N4C=O)n2)cn1. The second-order valence-electron chi connectivity index (χ2n) is 7.01. The van der Waals surface area contributed by atoms with Crippen molar-refractivity contribution in [2.24, 2.45) is 0 Å². The van der Waals surface area contributed by atoms with E-state index in [1.165, 1.54) is 0 Å². The van der Waals surface area contributed by atoms with Crippen molar-refractivity contribution in [2.75, 3.05) is 23.3 Å². The number of aliphatic hydroxyl groups is 1. The number of nitrogens with one attached hydrogen (secondary N) is 1. The van der Waals surface area contributed by atoms with Gasteiger partial charge in [-0.25, -0.2) is 4.98 Å². The van der Waals surface area contributed by atoms with Gasteiger partial charge in [0.2, 0.25) is 12.4 Å². The quantitative estimate of drug-likeness (QED) is 0.731. The molecule has 0 unspecified atom stereocenters. The van der Waals surface area contributed by atoms with Crippen molar-refractivity contribution in [1.29, 1.82) is 0 Å². The lowest BCUT2D eigenvalue weighted by Crippen LogP contribution is -2.53. The lowest BCUT2D eigenvalue weighted by molar-refractivity contribution is -0.121. The predicted octanol–water partition coefficient (Wildman–Crippen LogP) is 0.607. The number of hydrogen-bond acceptors (Lipinski definition) is 7. The van der Waals surface area contributed by atoms with Crippen LogP contribution in [0.3, 0.4) is 0 Å². The summed E-state index contributed by atoms with van der Waals surface area (Å²) in [5.74, 6) is 1.37. The van der Waals surface area contributed by atoms with Crippen LogP contribution in [0.5, 0.6) is 0 Å². The third kappa shape index (κ3) is 3.34. The summed E-state index contributed by atoms with van der Waals surface area (Å²) in [5.41, 5.74) is 0.772. The van der Waals surface area contributed by atoms with Crippen LogP contribution in [0.15, 0.2) is 24.7 Å². The second-order valence-corrected chi connectivity index (χ2v) is 7.01. The van der Waals surface area contributed by atoms with E-state index in [1.54, 1.807) is 24.0 Å². The highest BCUT2D eigenvalue weighted by Gasteiger charge is 2.39. The van der Waals surface area contributed by atoms with E-state index >= 15 is 0 Å². The van der Waals surface area contributed by atoms with Crippen molar-refractivity contribution >= 4 is 23.9 Å². The minimum absolute atomic E-state index is 0.274. The fourth-order valence-corrected chi connectivity index (χ4v) is 3.81. The zero-order valence-corrected chi connectivity index (χ0v) is 14.7. The van der Waals surface area contributed by atoms with Gasteiger partial charge in [0, 0.05) is 37.6 Å². The fourth-order valence-electron chi connectivity index (χ4n) is 3.81. The van der Waals surface area contributed by atoms with E-state index in [4.69, 9.17) is 0 Å². The number of anilines is 3. The summed E-state index contributed by atoms with van der Waals surface area (Å²) in [5, 5.41) is 16.8. The smallest absolute Gasteiger partial charge is 0.229 e. The summed E-state index contributed by atoms with van der Waals surface area (Å²) in [6.45, 7) is 3.77. The molecule has 2 bridgehead atoms. The van der Waals surface area contributed by atoms with Gasteiger partial charge in [-0.05, 0) is 25.8 Å². The zero-order valence-electron chi connectivity index (χ0n) is 14.7. The molecule has 0 radical (unpaired) electrons. The normalized spacial score (nSPS) is 23.2. The second kappa shape index (κ2) is 6.91. The summed E-state index contributed by atoms with van der Waals surface area (Å²) >= 11 is 0. The molecular formula is C17H23N7O2. The van der Waals surface area contributed by atoms with Crippen molar-refractivity contribution in [3.63, 3.8) is 0 Å². The number of carbonyl (C=O) groups is 1. The van der Waals surface area contributed by atoms with E-state index in [9.17, 15) is 9.90 Å². The van der Waals surface area contributed by atoms with Gasteiger partial charge in [-0.3, -0.25) is 9.48 Å². The van der Waals surface area contributed by atoms with Crippen molar-refractivity contribution in [3.05, 3.63) is 24.7 Å². The van der Waals surface area contributed by atoms with Crippen molar-refractivity contribution in [2.45, 2.75) is 44.5 Å². The number of nitrogens with zero attached hydrogens (tertiary/aromatic N) is 6. The third-order valence-electron chi connectivity index (χ3n) is 4.97. The number of piperazine rings is 1. The number of carbonyl (C=O) groups excluding carboxylic acids is 1. The molecule has 0 saturated carbocycles. The van der Waals surface area contributed by atoms with Crippen molar-refractivity contribution in [1.82, 2.24) is 24.6 Å². The first kappa shape index (κ1) is 16.8. The molecule has 9 heteroatoms. The van der Waals surface area contributed by atoms with Crippen LogP contribution in [-0.2, 0) is 11.3 Å². The van der Waals surface area contributed by atoms with E-state index in [0.29, 0.717) is 12.5 Å². The van der Waals surface area contributed by atoms with Gasteiger partial charge >= 0.3 is 0 Å². The van der Waals surface area contributed by atoms with Crippen LogP contribution in [0.1, 0.15) is 19.8 Å². The van der Waals surface area contributed by atoms with E-state index in [2.05, 4.69) is 25.3 Å². The summed E-state index contributed by atoms with van der Waals surface area (Å²) in [6.07, 6.45) is 7.86. The number of hydrogen-bond donors (Lipinski definition) is 2. The Balaban J connectivity index is 1.46. The maximum atomic E-state index is 11.2. The molecule has 2 N–H and O–H groups in total. The first-order valence-electron chi connectivity index (χ1n) is 8.90. The van der Waals surface area contributed by atoms with E-state index in [0.717, 1.165) is 43.8 Å². The van der Waals surface area contributed by atoms with Gasteiger partial charge in [-0.2, -0.15) is 10.1 Å². The Morgan fingerprint density at radius 3 is 2.85 bits per heavy atom. The number of amides is 1.